The van der Waals surface area contributed by atoms with Crippen LogP contribution in [0.1, 0.15) is 44.6 Å². The van der Waals surface area contributed by atoms with E-state index in [9.17, 15) is 19.8 Å². The van der Waals surface area contributed by atoms with Gasteiger partial charge >= 0.3 is 11.9 Å². The van der Waals surface area contributed by atoms with Gasteiger partial charge in [0.15, 0.2) is 5.60 Å². The Bertz CT molecular complexity index is 660. The number of hydrogen-bond donors (Lipinski definition) is 2. The Kier molecular flexibility index (Phi) is 3.53. The normalized spacial score (nSPS) is 37.6. The molecule has 0 saturated carbocycles. The van der Waals surface area contributed by atoms with Crippen LogP contribution in [0.3, 0.4) is 0 Å². The molecule has 1 aromatic rings. The average molecular weight is 323 g/mol. The lowest BCUT2D eigenvalue weighted by Gasteiger charge is -2.39. The number of aromatic nitrogens is 1. The number of aryl methyl sites for hydroxylation is 1. The predicted molar refractivity (Wildman–Crippen MR) is 78.1 cm³/mol. The summed E-state index contributed by atoms with van der Waals surface area (Å²) in [5, 5.41) is 21.1. The van der Waals surface area contributed by atoms with Crippen LogP contribution in [0.25, 0.3) is 0 Å². The van der Waals surface area contributed by atoms with Crippen LogP contribution in [-0.2, 0) is 32.2 Å². The fourth-order valence-electron chi connectivity index (χ4n) is 3.13. The number of nitrogens with zero attached hydrogens (tertiary/aromatic N) is 1. The second-order valence-corrected chi connectivity index (χ2v) is 6.65. The SMILES string of the molecule is C[C@H]1C(=O)O[C@H]2CCn3ccc(c32)COC(=O)C(C)(O)C1(C)O. The number of cyclic esters (lactones) is 1. The van der Waals surface area contributed by atoms with Crippen LogP contribution in [0.15, 0.2) is 12.3 Å². The third kappa shape index (κ3) is 2.26. The van der Waals surface area contributed by atoms with Crippen molar-refractivity contribution in [3.8, 4) is 0 Å². The van der Waals surface area contributed by atoms with E-state index in [1.165, 1.54) is 13.8 Å². The van der Waals surface area contributed by atoms with E-state index in [1.54, 1.807) is 6.07 Å². The molecule has 2 unspecified atom stereocenters. The fourth-order valence-corrected chi connectivity index (χ4v) is 3.13. The van der Waals surface area contributed by atoms with Crippen molar-refractivity contribution in [1.82, 2.24) is 4.57 Å². The van der Waals surface area contributed by atoms with Gasteiger partial charge in [-0.15, -0.1) is 0 Å². The van der Waals surface area contributed by atoms with E-state index in [-0.39, 0.29) is 6.61 Å². The smallest absolute Gasteiger partial charge is 0.341 e. The minimum Gasteiger partial charge on any atom is -0.459 e. The van der Waals surface area contributed by atoms with Crippen molar-refractivity contribution < 1.29 is 29.3 Å². The van der Waals surface area contributed by atoms with Crippen molar-refractivity contribution in [1.29, 1.82) is 0 Å². The quantitative estimate of drug-likeness (QED) is 0.681. The third-order valence-electron chi connectivity index (χ3n) is 5.23. The number of carbonyl (C=O) groups is 2. The van der Waals surface area contributed by atoms with Crippen LogP contribution in [0, 0.1) is 5.92 Å². The molecular formula is C16H21NO6. The Hall–Kier alpha value is -1.86. The third-order valence-corrected chi connectivity index (χ3v) is 5.23. The second kappa shape index (κ2) is 5.07. The summed E-state index contributed by atoms with van der Waals surface area (Å²) >= 11 is 0. The molecule has 23 heavy (non-hydrogen) atoms. The number of rotatable bonds is 0. The zero-order valence-corrected chi connectivity index (χ0v) is 13.4. The summed E-state index contributed by atoms with van der Waals surface area (Å²) in [6, 6.07) is 1.80. The molecule has 0 saturated heterocycles. The molecular weight excluding hydrogens is 302 g/mol. The van der Waals surface area contributed by atoms with Crippen molar-refractivity contribution in [2.75, 3.05) is 0 Å². The molecule has 1 aromatic heterocycles. The summed E-state index contributed by atoms with van der Waals surface area (Å²) in [5.74, 6) is -2.73. The van der Waals surface area contributed by atoms with Gasteiger partial charge in [-0.25, -0.2) is 4.79 Å². The van der Waals surface area contributed by atoms with E-state index >= 15 is 0 Å². The molecule has 0 amide bonds. The standard InChI is InChI=1S/C16H21NO6/c1-9-13(18)23-11-5-7-17-6-4-10(12(11)17)8-22-14(19)16(3,21)15(9,2)20/h4,6,9,11,20-21H,5,7-8H2,1-3H3/t9-,11-,15?,16?/m0/s1. The lowest BCUT2D eigenvalue weighted by molar-refractivity contribution is -0.207. The minimum atomic E-state index is -2.24. The lowest BCUT2D eigenvalue weighted by Crippen LogP contribution is -2.61. The molecule has 0 fully saturated rings. The molecule has 0 aromatic carbocycles. The fraction of sp³-hybridized carbons (Fsp3) is 0.625. The van der Waals surface area contributed by atoms with Gasteiger partial charge in [0.25, 0.3) is 0 Å². The molecule has 2 N–H and O–H groups in total. The molecule has 3 rings (SSSR count). The van der Waals surface area contributed by atoms with Gasteiger partial charge in [-0.2, -0.15) is 0 Å². The van der Waals surface area contributed by atoms with Gasteiger partial charge in [0.2, 0.25) is 0 Å². The summed E-state index contributed by atoms with van der Waals surface area (Å²) in [6.45, 7) is 4.48. The van der Waals surface area contributed by atoms with Gasteiger partial charge < -0.3 is 24.3 Å². The number of esters is 2. The molecule has 3 heterocycles. The Balaban J connectivity index is 2.04. The average Bonchev–Trinajstić information content (AvgIpc) is 3.06. The molecule has 0 bridgehead atoms. The lowest BCUT2D eigenvalue weighted by atomic mass is 9.76. The van der Waals surface area contributed by atoms with Crippen LogP contribution in [0.5, 0.6) is 0 Å². The van der Waals surface area contributed by atoms with Crippen molar-refractivity contribution in [2.24, 2.45) is 5.92 Å². The highest BCUT2D eigenvalue weighted by Gasteiger charge is 2.55. The highest BCUT2D eigenvalue weighted by atomic mass is 16.6. The van der Waals surface area contributed by atoms with Crippen LogP contribution in [0.2, 0.25) is 0 Å². The van der Waals surface area contributed by atoms with Crippen LogP contribution in [0.4, 0.5) is 0 Å². The summed E-state index contributed by atoms with van der Waals surface area (Å²) < 4.78 is 12.7. The maximum atomic E-state index is 12.4. The van der Waals surface area contributed by atoms with Gasteiger partial charge in [0.05, 0.1) is 11.6 Å². The van der Waals surface area contributed by atoms with E-state index in [0.717, 1.165) is 18.2 Å². The highest BCUT2D eigenvalue weighted by Crippen LogP contribution is 2.38. The summed E-state index contributed by atoms with van der Waals surface area (Å²) in [4.78, 5) is 24.7. The van der Waals surface area contributed by atoms with Crippen molar-refractivity contribution >= 4 is 11.9 Å². The van der Waals surface area contributed by atoms with Crippen molar-refractivity contribution in [2.45, 2.75) is 57.6 Å². The number of ether oxygens (including phenoxy) is 2. The van der Waals surface area contributed by atoms with E-state index < -0.39 is 35.2 Å². The largest absolute Gasteiger partial charge is 0.459 e. The molecule has 2 aliphatic heterocycles. The maximum absolute atomic E-state index is 12.4. The summed E-state index contributed by atoms with van der Waals surface area (Å²) in [6.07, 6.45) is 2.05. The second-order valence-electron chi connectivity index (χ2n) is 6.65. The Labute approximate surface area is 133 Å². The van der Waals surface area contributed by atoms with E-state index in [1.807, 2.05) is 10.8 Å². The first-order chi connectivity index (χ1) is 10.7. The Morgan fingerprint density at radius 2 is 2.00 bits per heavy atom. The minimum absolute atomic E-state index is 0.0458. The van der Waals surface area contributed by atoms with Crippen molar-refractivity contribution in [3.63, 3.8) is 0 Å². The number of carbonyl (C=O) groups excluding carboxylic acids is 2. The predicted octanol–water partition coefficient (Wildman–Crippen LogP) is 0.671. The zero-order valence-electron chi connectivity index (χ0n) is 13.4. The molecule has 0 spiro atoms. The maximum Gasteiger partial charge on any atom is 0.341 e. The first kappa shape index (κ1) is 16.0. The molecule has 0 aliphatic carbocycles. The molecule has 0 radical (unpaired) electrons. The van der Waals surface area contributed by atoms with E-state index in [4.69, 9.17) is 9.47 Å². The van der Waals surface area contributed by atoms with E-state index in [0.29, 0.717) is 13.0 Å². The van der Waals surface area contributed by atoms with E-state index in [2.05, 4.69) is 0 Å². The molecule has 2 aliphatic rings. The van der Waals surface area contributed by atoms with Gasteiger partial charge in [-0.3, -0.25) is 4.79 Å². The Morgan fingerprint density at radius 1 is 1.30 bits per heavy atom. The highest BCUT2D eigenvalue weighted by molar-refractivity contribution is 5.83. The Morgan fingerprint density at radius 3 is 2.70 bits per heavy atom. The molecule has 7 heteroatoms. The molecule has 4 atom stereocenters. The zero-order chi connectivity index (χ0) is 17.0. The van der Waals surface area contributed by atoms with Crippen LogP contribution < -0.4 is 0 Å². The van der Waals surface area contributed by atoms with Gasteiger partial charge in [-0.1, -0.05) is 0 Å². The first-order valence-corrected chi connectivity index (χ1v) is 7.66. The van der Waals surface area contributed by atoms with Crippen molar-refractivity contribution in [3.05, 3.63) is 23.5 Å². The van der Waals surface area contributed by atoms with Gasteiger partial charge in [0.1, 0.15) is 18.3 Å². The molecule has 7 nitrogen and oxygen atoms in total. The van der Waals surface area contributed by atoms with Crippen LogP contribution in [-0.4, -0.2) is 37.9 Å². The summed E-state index contributed by atoms with van der Waals surface area (Å²) in [7, 11) is 0. The molecule has 126 valence electrons. The van der Waals surface area contributed by atoms with Gasteiger partial charge in [0, 0.05) is 24.7 Å². The van der Waals surface area contributed by atoms with Crippen LogP contribution >= 0.6 is 0 Å². The van der Waals surface area contributed by atoms with Gasteiger partial charge in [-0.05, 0) is 26.8 Å². The first-order valence-electron chi connectivity index (χ1n) is 7.66. The monoisotopic (exact) mass is 323 g/mol. The number of aliphatic hydroxyl groups is 2. The topological polar surface area (TPSA) is 98.0 Å². The number of hydrogen-bond acceptors (Lipinski definition) is 6. The summed E-state index contributed by atoms with van der Waals surface area (Å²) in [5.41, 5.74) is -2.72.